The third-order valence-electron chi connectivity index (χ3n) is 0.0561. The summed E-state index contributed by atoms with van der Waals surface area (Å²) >= 11 is 1.38. The molecule has 0 rings (SSSR count). The van der Waals surface area contributed by atoms with Crippen LogP contribution in [0.3, 0.4) is 0 Å². The second-order valence-electron chi connectivity index (χ2n) is 0.206. The van der Waals surface area contributed by atoms with Gasteiger partial charge in [0.05, 0.1) is 0 Å². The highest BCUT2D eigenvalue weighted by Crippen LogP contribution is 1.83. The minimum absolute atomic E-state index is 1.38. The standard InChI is InChI=1S/HIO4/c1-3-5-4-2/h2H. The predicted octanol–water partition coefficient (Wildman–Crippen LogP) is 0.689. The average molecular weight is 192 g/mol. The Hall–Kier alpha value is 0.570. The highest BCUT2D eigenvalue weighted by Gasteiger charge is 1.68. The zero-order valence-corrected chi connectivity index (χ0v) is 4.21. The molecule has 0 saturated carbocycles. The fourth-order valence-electron chi connectivity index (χ4n) is 0.0115. The van der Waals surface area contributed by atoms with Crippen LogP contribution in [0.25, 0.3) is 0 Å². The molecular weight excluding hydrogens is 191 g/mol. The first-order chi connectivity index (χ1) is 2.41. The van der Waals surface area contributed by atoms with Gasteiger partial charge in [0.15, 0.2) is 23.0 Å². The monoisotopic (exact) mass is 192 g/mol. The number of hydrogen-bond acceptors (Lipinski definition) is 4. The molecule has 0 aromatic carbocycles. The van der Waals surface area contributed by atoms with Crippen molar-refractivity contribution < 1.29 is 18.6 Å². The molecule has 0 unspecified atom stereocenters. The zero-order chi connectivity index (χ0) is 4.12. The van der Waals surface area contributed by atoms with Gasteiger partial charge in [-0.1, -0.05) is 0 Å². The van der Waals surface area contributed by atoms with Gasteiger partial charge >= 0.3 is 0 Å². The molecule has 0 aliphatic carbocycles. The molecule has 4 nitrogen and oxygen atoms in total. The minimum Gasteiger partial charge on any atom is -0.219 e. The van der Waals surface area contributed by atoms with Gasteiger partial charge in [-0.05, 0) is 10.1 Å². The molecule has 0 heterocycles. The summed E-state index contributed by atoms with van der Waals surface area (Å²) in [6.07, 6.45) is 0. The molecule has 0 aliphatic rings. The van der Waals surface area contributed by atoms with Crippen molar-refractivity contribution >= 4 is 23.0 Å². The van der Waals surface area contributed by atoms with Gasteiger partial charge in [0, 0.05) is 0 Å². The Morgan fingerprint density at radius 3 is 2.20 bits per heavy atom. The second-order valence-corrected chi connectivity index (χ2v) is 0.565. The molecule has 1 N–H and O–H groups in total. The Kier molecular flexibility index (Phi) is 5.09. The van der Waals surface area contributed by atoms with Crippen molar-refractivity contribution in [1.29, 1.82) is 0 Å². The largest absolute Gasteiger partial charge is 0.219 e. The van der Waals surface area contributed by atoms with E-state index in [1.54, 1.807) is 0 Å². The van der Waals surface area contributed by atoms with Crippen LogP contribution in [0.15, 0.2) is 0 Å². The van der Waals surface area contributed by atoms with Gasteiger partial charge in [0.1, 0.15) is 0 Å². The van der Waals surface area contributed by atoms with Crippen LogP contribution in [0.5, 0.6) is 0 Å². The molecule has 0 amide bonds. The molecule has 0 fully saturated rings. The summed E-state index contributed by atoms with van der Waals surface area (Å²) < 4.78 is 3.69. The van der Waals surface area contributed by atoms with E-state index in [0.29, 0.717) is 0 Å². The Morgan fingerprint density at radius 2 is 2.20 bits per heavy atom. The summed E-state index contributed by atoms with van der Waals surface area (Å²) in [7, 11) is 0. The maximum absolute atomic E-state index is 7.21. The van der Waals surface area contributed by atoms with Crippen molar-refractivity contribution in [1.82, 2.24) is 0 Å². The number of rotatable bonds is 2. The SMILES string of the molecule is OOOOI. The quantitative estimate of drug-likeness (QED) is 0.397. The number of halogens is 1. The van der Waals surface area contributed by atoms with Crippen LogP contribution in [0, 0.1) is 0 Å². The lowest BCUT2D eigenvalue weighted by atomic mass is 14.4. The van der Waals surface area contributed by atoms with Crippen molar-refractivity contribution in [3.8, 4) is 0 Å². The lowest BCUT2D eigenvalue weighted by molar-refractivity contribution is -0.583. The fraction of sp³-hybridized carbons (Fsp3) is 0. The lowest BCUT2D eigenvalue weighted by Gasteiger charge is -1.79. The fourth-order valence-corrected chi connectivity index (χ4v) is 0.0772. The Balaban J connectivity index is 2.19. The van der Waals surface area contributed by atoms with E-state index in [-0.39, 0.29) is 0 Å². The molecule has 0 spiro atoms. The van der Waals surface area contributed by atoms with Crippen LogP contribution in [0.1, 0.15) is 0 Å². The molecule has 0 bridgehead atoms. The molecule has 5 heavy (non-hydrogen) atoms. The maximum atomic E-state index is 7.21. The van der Waals surface area contributed by atoms with Crippen LogP contribution in [-0.4, -0.2) is 5.26 Å². The summed E-state index contributed by atoms with van der Waals surface area (Å²) in [5.74, 6) is 0. The number of hydrogen-bond donors (Lipinski definition) is 1. The Labute approximate surface area is 42.1 Å². The van der Waals surface area contributed by atoms with E-state index in [4.69, 9.17) is 5.26 Å². The van der Waals surface area contributed by atoms with E-state index in [9.17, 15) is 0 Å². The first-order valence-corrected chi connectivity index (χ1v) is 1.55. The van der Waals surface area contributed by atoms with Gasteiger partial charge in [-0.2, -0.15) is 0 Å². The van der Waals surface area contributed by atoms with Crippen molar-refractivity contribution in [3.05, 3.63) is 0 Å². The van der Waals surface area contributed by atoms with Crippen molar-refractivity contribution in [3.63, 3.8) is 0 Å². The highest BCUT2D eigenvalue weighted by molar-refractivity contribution is 14.1. The first-order valence-electron chi connectivity index (χ1n) is 0.670. The van der Waals surface area contributed by atoms with Gasteiger partial charge in [0.25, 0.3) is 0 Å². The second kappa shape index (κ2) is 4.57. The molecule has 0 aromatic rings. The van der Waals surface area contributed by atoms with Gasteiger partial charge in [-0.3, -0.25) is 0 Å². The third kappa shape index (κ3) is 4.57. The van der Waals surface area contributed by atoms with E-state index in [2.05, 4.69) is 13.3 Å². The van der Waals surface area contributed by atoms with E-state index in [1.807, 2.05) is 0 Å². The van der Waals surface area contributed by atoms with Crippen LogP contribution in [-0.2, 0) is 13.3 Å². The molecule has 5 heteroatoms. The molecule has 0 radical (unpaired) electrons. The zero-order valence-electron chi connectivity index (χ0n) is 2.05. The molecule has 32 valence electrons. The van der Waals surface area contributed by atoms with E-state index in [0.717, 1.165) is 0 Å². The summed E-state index contributed by atoms with van der Waals surface area (Å²) in [6.45, 7) is 0. The average Bonchev–Trinajstić information content (AvgIpc) is 1.41. The Morgan fingerprint density at radius 1 is 1.60 bits per heavy atom. The topological polar surface area (TPSA) is 47.9 Å². The predicted molar refractivity (Wildman–Crippen MR) is 19.9 cm³/mol. The molecule has 0 aliphatic heterocycles. The van der Waals surface area contributed by atoms with E-state index >= 15 is 0 Å². The van der Waals surface area contributed by atoms with Crippen LogP contribution in [0.4, 0.5) is 0 Å². The smallest absolute Gasteiger partial charge is 0.158 e. The molecule has 0 saturated heterocycles. The van der Waals surface area contributed by atoms with Crippen LogP contribution in [0.2, 0.25) is 0 Å². The summed E-state index contributed by atoms with van der Waals surface area (Å²) in [6, 6.07) is 0. The summed E-state index contributed by atoms with van der Waals surface area (Å²) in [4.78, 5) is 0. The lowest BCUT2D eigenvalue weighted by Crippen LogP contribution is -1.78. The van der Waals surface area contributed by atoms with Gasteiger partial charge < -0.3 is 0 Å². The van der Waals surface area contributed by atoms with E-state index in [1.165, 1.54) is 23.0 Å². The molecular formula is HIO4. The molecule has 0 aromatic heterocycles. The van der Waals surface area contributed by atoms with Crippen LogP contribution < -0.4 is 0 Å². The highest BCUT2D eigenvalue weighted by atomic mass is 127. The van der Waals surface area contributed by atoms with Crippen molar-refractivity contribution in [2.24, 2.45) is 0 Å². The normalized spacial score (nSPS) is 8.40. The third-order valence-corrected chi connectivity index (χ3v) is 0.203. The Bertz CT molecular complexity index is 11.1. The van der Waals surface area contributed by atoms with E-state index < -0.39 is 0 Å². The van der Waals surface area contributed by atoms with Gasteiger partial charge in [0.2, 0.25) is 0 Å². The van der Waals surface area contributed by atoms with Gasteiger partial charge in [-0.25, -0.2) is 5.26 Å². The summed E-state index contributed by atoms with van der Waals surface area (Å²) in [5, 5.41) is 13.6. The molecule has 0 atom stereocenters. The maximum Gasteiger partial charge on any atom is 0.158 e. The van der Waals surface area contributed by atoms with Crippen molar-refractivity contribution in [2.75, 3.05) is 0 Å². The first kappa shape index (κ1) is 5.57. The van der Waals surface area contributed by atoms with Gasteiger partial charge in [-0.15, -0.1) is 3.22 Å². The van der Waals surface area contributed by atoms with Crippen LogP contribution >= 0.6 is 23.0 Å². The summed E-state index contributed by atoms with van der Waals surface area (Å²) in [5.41, 5.74) is 0. The minimum atomic E-state index is 1.38. The van der Waals surface area contributed by atoms with Crippen molar-refractivity contribution in [2.45, 2.75) is 0 Å².